The Hall–Kier alpha value is -1.87. The summed E-state index contributed by atoms with van der Waals surface area (Å²) in [6, 6.07) is 1.47. The lowest BCUT2D eigenvalue weighted by Gasteiger charge is -2.33. The number of hydrogen-bond acceptors (Lipinski definition) is 6. The minimum Gasteiger partial charge on any atom is -0.467 e. The van der Waals surface area contributed by atoms with Crippen molar-refractivity contribution in [2.75, 3.05) is 25.6 Å². The van der Waals surface area contributed by atoms with Crippen LogP contribution in [-0.2, 0) is 4.74 Å². The Morgan fingerprint density at radius 3 is 2.67 bits per heavy atom. The summed E-state index contributed by atoms with van der Waals surface area (Å²) in [6.45, 7) is 8.02. The smallest absolute Gasteiger partial charge is 0.410 e. The van der Waals surface area contributed by atoms with Gasteiger partial charge in [0.25, 0.3) is 0 Å². The van der Waals surface area contributed by atoms with Crippen molar-refractivity contribution in [2.24, 2.45) is 0 Å². The summed E-state index contributed by atoms with van der Waals surface area (Å²) in [7, 11) is 3.28. The lowest BCUT2D eigenvalue weighted by molar-refractivity contribution is 0.0233. The highest BCUT2D eigenvalue weighted by molar-refractivity contribution is 9.10. The molecule has 1 saturated heterocycles. The second-order valence-electron chi connectivity index (χ2n) is 8.30. The molecular weight excluding hydrogens is 479 g/mol. The van der Waals surface area contributed by atoms with Crippen LogP contribution in [0.3, 0.4) is 0 Å². The number of carbonyl (C=O) groups is 1. The molecule has 10 heteroatoms. The second-order valence-corrected chi connectivity index (χ2v) is 9.50. The van der Waals surface area contributed by atoms with E-state index in [0.29, 0.717) is 24.2 Å². The van der Waals surface area contributed by atoms with Crippen molar-refractivity contribution >= 4 is 50.3 Å². The number of carbonyl (C=O) groups excluding carboxylic acids is 1. The Labute approximate surface area is 188 Å². The van der Waals surface area contributed by atoms with Gasteiger partial charge < -0.3 is 19.3 Å². The van der Waals surface area contributed by atoms with Crippen LogP contribution in [-0.4, -0.2) is 59.3 Å². The quantitative estimate of drug-likeness (QED) is 0.548. The molecule has 2 atom stereocenters. The Balaban J connectivity index is 1.99. The number of halogens is 3. The molecule has 7 nitrogen and oxygen atoms in total. The van der Waals surface area contributed by atoms with Gasteiger partial charge in [-0.15, -0.1) is 0 Å². The van der Waals surface area contributed by atoms with Gasteiger partial charge in [-0.05, 0) is 56.1 Å². The van der Waals surface area contributed by atoms with Gasteiger partial charge in [0.15, 0.2) is 5.82 Å². The first-order valence-corrected chi connectivity index (χ1v) is 10.7. The van der Waals surface area contributed by atoms with Crippen molar-refractivity contribution in [3.05, 3.63) is 21.4 Å². The second kappa shape index (κ2) is 8.34. The number of nitrogens with zero attached hydrogens (tertiary/aromatic N) is 4. The van der Waals surface area contributed by atoms with Crippen molar-refractivity contribution in [3.8, 4) is 6.01 Å². The fourth-order valence-electron chi connectivity index (χ4n) is 3.67. The molecule has 0 saturated carbocycles. The first-order chi connectivity index (χ1) is 13.9. The van der Waals surface area contributed by atoms with Gasteiger partial charge in [0.1, 0.15) is 16.9 Å². The summed E-state index contributed by atoms with van der Waals surface area (Å²) in [5.41, 5.74) is -0.465. The minimum absolute atomic E-state index is 0.0483. The molecule has 0 spiro atoms. The highest BCUT2D eigenvalue weighted by Gasteiger charge is 2.39. The molecule has 0 bridgehead atoms. The number of likely N-dealkylation sites (tertiary alicyclic amines) is 1. The summed E-state index contributed by atoms with van der Waals surface area (Å²) in [6.07, 6.45) is 0.353. The molecule has 3 rings (SSSR count). The SMILES string of the molecule is COc1nc(N(C)[C@@H]2CCN(C(=O)OC(C)(C)C)C2C)c2cc(Cl)c(Br)c(F)c2n1. The van der Waals surface area contributed by atoms with Crippen LogP contribution in [0, 0.1) is 5.82 Å². The molecule has 1 fully saturated rings. The average molecular weight is 504 g/mol. The molecule has 2 aromatic rings. The predicted octanol–water partition coefficient (Wildman–Crippen LogP) is 5.03. The van der Waals surface area contributed by atoms with Crippen LogP contribution in [0.25, 0.3) is 10.9 Å². The molecular formula is C20H25BrClFN4O3. The molecule has 30 heavy (non-hydrogen) atoms. The molecule has 1 amide bonds. The maximum Gasteiger partial charge on any atom is 0.410 e. The van der Waals surface area contributed by atoms with E-state index in [-0.39, 0.29) is 39.2 Å². The molecule has 0 N–H and O–H groups in total. The number of hydrogen-bond donors (Lipinski definition) is 0. The Morgan fingerprint density at radius 2 is 2.07 bits per heavy atom. The number of rotatable bonds is 3. The molecule has 1 aromatic heterocycles. The lowest BCUT2D eigenvalue weighted by atomic mass is 10.1. The largest absolute Gasteiger partial charge is 0.467 e. The van der Waals surface area contributed by atoms with Crippen LogP contribution >= 0.6 is 27.5 Å². The average Bonchev–Trinajstić information content (AvgIpc) is 3.05. The highest BCUT2D eigenvalue weighted by Crippen LogP contribution is 2.37. The Morgan fingerprint density at radius 1 is 1.40 bits per heavy atom. The molecule has 2 heterocycles. The number of amides is 1. The van der Waals surface area contributed by atoms with Crippen molar-refractivity contribution in [1.29, 1.82) is 0 Å². The highest BCUT2D eigenvalue weighted by atomic mass is 79.9. The fourth-order valence-corrected chi connectivity index (χ4v) is 4.17. The van der Waals surface area contributed by atoms with E-state index >= 15 is 0 Å². The van der Waals surface area contributed by atoms with Gasteiger partial charge in [-0.25, -0.2) is 9.18 Å². The van der Waals surface area contributed by atoms with E-state index in [1.54, 1.807) is 11.0 Å². The molecule has 164 valence electrons. The van der Waals surface area contributed by atoms with Crippen molar-refractivity contribution in [1.82, 2.24) is 14.9 Å². The number of likely N-dealkylation sites (N-methyl/N-ethyl adjacent to an activating group) is 1. The molecule has 0 radical (unpaired) electrons. The first-order valence-electron chi connectivity index (χ1n) is 9.56. The molecule has 1 aliphatic heterocycles. The monoisotopic (exact) mass is 502 g/mol. The van der Waals surface area contributed by atoms with Crippen molar-refractivity contribution in [3.63, 3.8) is 0 Å². The van der Waals surface area contributed by atoms with Gasteiger partial charge in [-0.1, -0.05) is 11.6 Å². The topological polar surface area (TPSA) is 67.8 Å². The summed E-state index contributed by atoms with van der Waals surface area (Å²) in [4.78, 5) is 24.8. The van der Waals surface area contributed by atoms with Crippen LogP contribution in [0.15, 0.2) is 10.5 Å². The van der Waals surface area contributed by atoms with E-state index in [1.807, 2.05) is 39.6 Å². The molecule has 1 aliphatic rings. The van der Waals surface area contributed by atoms with Crippen LogP contribution in [0.2, 0.25) is 5.02 Å². The van der Waals surface area contributed by atoms with E-state index in [1.165, 1.54) is 7.11 Å². The third-order valence-corrected chi connectivity index (χ3v) is 6.44. The fraction of sp³-hybridized carbons (Fsp3) is 0.550. The first kappa shape index (κ1) is 22.8. The molecule has 1 aromatic carbocycles. The summed E-state index contributed by atoms with van der Waals surface area (Å²) in [5.74, 6) is -0.101. The Bertz CT molecular complexity index is 985. The number of aromatic nitrogens is 2. The van der Waals surface area contributed by atoms with Gasteiger partial charge in [-0.2, -0.15) is 9.97 Å². The standard InChI is InChI=1S/C20H25BrClFN4O3/c1-10-13(7-8-27(10)19(28)30-20(2,3)4)26(5)17-11-9-12(22)14(21)15(23)16(11)24-18(25-17)29-6/h9-10,13H,7-8H2,1-6H3/t10?,13-/m1/s1. The summed E-state index contributed by atoms with van der Waals surface area (Å²) >= 11 is 9.35. The van der Waals surface area contributed by atoms with E-state index in [2.05, 4.69) is 25.9 Å². The van der Waals surface area contributed by atoms with Crippen molar-refractivity contribution < 1.29 is 18.7 Å². The number of ether oxygens (including phenoxy) is 2. The van der Waals surface area contributed by atoms with Crippen LogP contribution in [0.5, 0.6) is 6.01 Å². The number of methoxy groups -OCH3 is 1. The minimum atomic E-state index is -0.581. The number of benzene rings is 1. The van der Waals surface area contributed by atoms with Gasteiger partial charge in [0.05, 0.1) is 28.7 Å². The maximum absolute atomic E-state index is 14.8. The third-order valence-electron chi connectivity index (χ3n) is 5.14. The zero-order valence-electron chi connectivity index (χ0n) is 17.8. The summed E-state index contributed by atoms with van der Waals surface area (Å²) in [5, 5.41) is 0.685. The zero-order valence-corrected chi connectivity index (χ0v) is 20.1. The molecule has 1 unspecified atom stereocenters. The van der Waals surface area contributed by atoms with E-state index in [4.69, 9.17) is 21.1 Å². The van der Waals surface area contributed by atoms with E-state index in [0.717, 1.165) is 0 Å². The lowest BCUT2D eigenvalue weighted by Crippen LogP contribution is -2.45. The van der Waals surface area contributed by atoms with Gasteiger partial charge in [0.2, 0.25) is 0 Å². The van der Waals surface area contributed by atoms with E-state index < -0.39 is 11.4 Å². The van der Waals surface area contributed by atoms with Gasteiger partial charge in [0, 0.05) is 19.0 Å². The number of anilines is 1. The van der Waals surface area contributed by atoms with Crippen molar-refractivity contribution in [2.45, 2.75) is 51.8 Å². The summed E-state index contributed by atoms with van der Waals surface area (Å²) < 4.78 is 25.7. The van der Waals surface area contributed by atoms with Crippen LogP contribution in [0.4, 0.5) is 15.0 Å². The zero-order chi connectivity index (χ0) is 22.4. The Kier molecular flexibility index (Phi) is 6.34. The normalized spacial score (nSPS) is 19.3. The maximum atomic E-state index is 14.8. The van der Waals surface area contributed by atoms with E-state index in [9.17, 15) is 9.18 Å². The number of fused-ring (bicyclic) bond motifs is 1. The van der Waals surface area contributed by atoms with Gasteiger partial charge >= 0.3 is 12.1 Å². The third kappa shape index (κ3) is 4.27. The molecule has 0 aliphatic carbocycles. The predicted molar refractivity (Wildman–Crippen MR) is 118 cm³/mol. The van der Waals surface area contributed by atoms with Gasteiger partial charge in [-0.3, -0.25) is 0 Å². The van der Waals surface area contributed by atoms with Crippen LogP contribution in [0.1, 0.15) is 34.1 Å². The van der Waals surface area contributed by atoms with Crippen LogP contribution < -0.4 is 9.64 Å².